The number of halogens is 2. The zero-order chi connectivity index (χ0) is 20.4. The molecule has 0 fully saturated rings. The van der Waals surface area contributed by atoms with Crippen LogP contribution in [0.2, 0.25) is 0 Å². The SMILES string of the molecule is O=C(Nc1ccc(F)c(F)c1)c1cccc(C(=O)Nc2ccc3c(c2)OCO3)c1. The molecule has 3 aromatic carbocycles. The number of rotatable bonds is 4. The summed E-state index contributed by atoms with van der Waals surface area (Å²) in [5.74, 6) is -1.94. The standard InChI is InChI=1S/C21H14F2N2O4/c22-16-6-4-14(9-17(16)23)24-20(26)12-2-1-3-13(8-12)21(27)25-15-5-7-18-19(10-15)29-11-28-18/h1-10H,11H2,(H,24,26)(H,25,27). The van der Waals surface area contributed by atoms with E-state index < -0.39 is 23.4 Å². The highest BCUT2D eigenvalue weighted by Gasteiger charge is 2.16. The molecule has 0 aliphatic carbocycles. The van der Waals surface area contributed by atoms with Gasteiger partial charge in [0.15, 0.2) is 23.1 Å². The number of hydrogen-bond acceptors (Lipinski definition) is 4. The second-order valence-corrected chi connectivity index (χ2v) is 6.19. The van der Waals surface area contributed by atoms with Gasteiger partial charge in [-0.1, -0.05) is 6.07 Å². The Morgan fingerprint density at radius 1 is 0.724 bits per heavy atom. The topological polar surface area (TPSA) is 76.7 Å². The van der Waals surface area contributed by atoms with Crippen molar-refractivity contribution in [3.05, 3.63) is 83.4 Å². The second kappa shape index (κ2) is 7.59. The molecule has 0 unspecified atom stereocenters. The minimum absolute atomic E-state index is 0.101. The van der Waals surface area contributed by atoms with Crippen LogP contribution in [0, 0.1) is 11.6 Å². The molecular formula is C21H14F2N2O4. The van der Waals surface area contributed by atoms with Crippen LogP contribution in [0.3, 0.4) is 0 Å². The number of nitrogens with one attached hydrogen (secondary N) is 2. The summed E-state index contributed by atoms with van der Waals surface area (Å²) in [6, 6.07) is 14.0. The van der Waals surface area contributed by atoms with Gasteiger partial charge < -0.3 is 20.1 Å². The molecule has 1 aliphatic heterocycles. The number of anilines is 2. The summed E-state index contributed by atoms with van der Waals surface area (Å²) in [5.41, 5.74) is 1.05. The Hall–Kier alpha value is -3.94. The first-order valence-electron chi connectivity index (χ1n) is 8.57. The first kappa shape index (κ1) is 18.4. The molecule has 1 heterocycles. The molecule has 0 saturated carbocycles. The van der Waals surface area contributed by atoms with E-state index in [1.807, 2.05) is 0 Å². The van der Waals surface area contributed by atoms with Crippen LogP contribution in [0.4, 0.5) is 20.2 Å². The summed E-state index contributed by atoms with van der Waals surface area (Å²) in [7, 11) is 0. The predicted octanol–water partition coefficient (Wildman–Crippen LogP) is 4.20. The van der Waals surface area contributed by atoms with Gasteiger partial charge in [-0.15, -0.1) is 0 Å². The fourth-order valence-electron chi connectivity index (χ4n) is 2.76. The zero-order valence-corrected chi connectivity index (χ0v) is 14.9. The minimum Gasteiger partial charge on any atom is -0.454 e. The van der Waals surface area contributed by atoms with Crippen LogP contribution >= 0.6 is 0 Å². The van der Waals surface area contributed by atoms with E-state index in [4.69, 9.17) is 9.47 Å². The van der Waals surface area contributed by atoms with E-state index in [2.05, 4.69) is 10.6 Å². The lowest BCUT2D eigenvalue weighted by molar-refractivity contribution is 0.102. The minimum atomic E-state index is -1.07. The fourth-order valence-corrected chi connectivity index (χ4v) is 2.76. The third-order valence-electron chi connectivity index (χ3n) is 4.19. The normalized spacial score (nSPS) is 11.8. The van der Waals surface area contributed by atoms with E-state index in [0.29, 0.717) is 17.2 Å². The van der Waals surface area contributed by atoms with Crippen LogP contribution in [0.1, 0.15) is 20.7 Å². The summed E-state index contributed by atoms with van der Waals surface area (Å²) in [5, 5.41) is 5.18. The lowest BCUT2D eigenvalue weighted by atomic mass is 10.1. The molecule has 8 heteroatoms. The van der Waals surface area contributed by atoms with Gasteiger partial charge >= 0.3 is 0 Å². The molecule has 2 amide bonds. The molecule has 0 saturated heterocycles. The maximum absolute atomic E-state index is 13.3. The van der Waals surface area contributed by atoms with Crippen LogP contribution in [-0.4, -0.2) is 18.6 Å². The third kappa shape index (κ3) is 4.01. The van der Waals surface area contributed by atoms with Crippen LogP contribution in [-0.2, 0) is 0 Å². The quantitative estimate of drug-likeness (QED) is 0.693. The summed E-state index contributed by atoms with van der Waals surface area (Å²) in [6.07, 6.45) is 0. The highest BCUT2D eigenvalue weighted by atomic mass is 19.2. The van der Waals surface area contributed by atoms with E-state index in [1.165, 1.54) is 18.2 Å². The van der Waals surface area contributed by atoms with Crippen molar-refractivity contribution >= 4 is 23.2 Å². The molecule has 4 rings (SSSR count). The lowest BCUT2D eigenvalue weighted by Crippen LogP contribution is -2.15. The smallest absolute Gasteiger partial charge is 0.255 e. The van der Waals surface area contributed by atoms with Gasteiger partial charge in [0.1, 0.15) is 0 Å². The first-order valence-corrected chi connectivity index (χ1v) is 8.57. The average Bonchev–Trinajstić information content (AvgIpc) is 3.18. The van der Waals surface area contributed by atoms with E-state index in [9.17, 15) is 18.4 Å². The monoisotopic (exact) mass is 396 g/mol. The molecule has 0 radical (unpaired) electrons. The van der Waals surface area contributed by atoms with Crippen molar-refractivity contribution < 1.29 is 27.8 Å². The van der Waals surface area contributed by atoms with Crippen molar-refractivity contribution in [3.63, 3.8) is 0 Å². The van der Waals surface area contributed by atoms with Gasteiger partial charge in [0.05, 0.1) is 0 Å². The van der Waals surface area contributed by atoms with Gasteiger partial charge in [-0.2, -0.15) is 0 Å². The number of carbonyl (C=O) groups is 2. The van der Waals surface area contributed by atoms with Crippen molar-refractivity contribution in [2.24, 2.45) is 0 Å². The molecule has 29 heavy (non-hydrogen) atoms. The van der Waals surface area contributed by atoms with Gasteiger partial charge in [0.25, 0.3) is 11.8 Å². The first-order chi connectivity index (χ1) is 14.0. The van der Waals surface area contributed by atoms with Gasteiger partial charge in [-0.25, -0.2) is 8.78 Å². The third-order valence-corrected chi connectivity index (χ3v) is 4.19. The molecule has 0 spiro atoms. The summed E-state index contributed by atoms with van der Waals surface area (Å²) >= 11 is 0. The molecule has 0 bridgehead atoms. The van der Waals surface area contributed by atoms with Crippen LogP contribution < -0.4 is 20.1 Å². The Balaban J connectivity index is 1.48. The number of amides is 2. The molecule has 3 aromatic rings. The van der Waals surface area contributed by atoms with Crippen LogP contribution in [0.5, 0.6) is 11.5 Å². The number of benzene rings is 3. The number of ether oxygens (including phenoxy) is 2. The number of carbonyl (C=O) groups excluding carboxylic acids is 2. The van der Waals surface area contributed by atoms with Gasteiger partial charge in [-0.05, 0) is 42.5 Å². The highest BCUT2D eigenvalue weighted by molar-refractivity contribution is 6.08. The Morgan fingerprint density at radius 2 is 1.34 bits per heavy atom. The van der Waals surface area contributed by atoms with Crippen LogP contribution in [0.25, 0.3) is 0 Å². The molecule has 6 nitrogen and oxygen atoms in total. The van der Waals surface area contributed by atoms with E-state index in [1.54, 1.807) is 30.3 Å². The molecule has 0 atom stereocenters. The van der Waals surface area contributed by atoms with Crippen molar-refractivity contribution in [3.8, 4) is 11.5 Å². The maximum atomic E-state index is 13.3. The van der Waals surface area contributed by atoms with E-state index in [-0.39, 0.29) is 23.6 Å². The lowest BCUT2D eigenvalue weighted by Gasteiger charge is -2.09. The van der Waals surface area contributed by atoms with Gasteiger partial charge in [-0.3, -0.25) is 9.59 Å². The second-order valence-electron chi connectivity index (χ2n) is 6.19. The number of fused-ring (bicyclic) bond motifs is 1. The van der Waals surface area contributed by atoms with E-state index >= 15 is 0 Å². The highest BCUT2D eigenvalue weighted by Crippen LogP contribution is 2.34. The van der Waals surface area contributed by atoms with Gasteiger partial charge in [0.2, 0.25) is 6.79 Å². The molecule has 0 aromatic heterocycles. The zero-order valence-electron chi connectivity index (χ0n) is 14.9. The van der Waals surface area contributed by atoms with Crippen molar-refractivity contribution in [2.45, 2.75) is 0 Å². The summed E-state index contributed by atoms with van der Waals surface area (Å²) < 4.78 is 36.8. The number of hydrogen-bond donors (Lipinski definition) is 2. The Bertz CT molecular complexity index is 1120. The predicted molar refractivity (Wildman–Crippen MR) is 101 cm³/mol. The fraction of sp³-hybridized carbons (Fsp3) is 0.0476. The van der Waals surface area contributed by atoms with Crippen molar-refractivity contribution in [1.29, 1.82) is 0 Å². The van der Waals surface area contributed by atoms with Gasteiger partial charge in [0, 0.05) is 34.6 Å². The largest absolute Gasteiger partial charge is 0.454 e. The molecule has 1 aliphatic rings. The Morgan fingerprint density at radius 3 is 2.03 bits per heavy atom. The van der Waals surface area contributed by atoms with Crippen LogP contribution in [0.15, 0.2) is 60.7 Å². The average molecular weight is 396 g/mol. The van der Waals surface area contributed by atoms with Crippen molar-refractivity contribution in [2.75, 3.05) is 17.4 Å². The summed E-state index contributed by atoms with van der Waals surface area (Å²) in [4.78, 5) is 24.9. The Kier molecular flexibility index (Phi) is 4.82. The maximum Gasteiger partial charge on any atom is 0.255 e. The molecular weight excluding hydrogens is 382 g/mol. The van der Waals surface area contributed by atoms with Crippen molar-refractivity contribution in [1.82, 2.24) is 0 Å². The molecule has 2 N–H and O–H groups in total. The molecule has 146 valence electrons. The van der Waals surface area contributed by atoms with E-state index in [0.717, 1.165) is 12.1 Å². The summed E-state index contributed by atoms with van der Waals surface area (Å²) in [6.45, 7) is 0.127. The Labute approximate surface area is 164 Å².